The minimum Gasteiger partial charge on any atom is -0.393 e. The number of carbonyl (C=O) groups is 1. The standard InChI is InChI=1S/C13H26N2O2/c1-4-11-6-5-7-12(11)14-13(17)15(3)9-8-10(2)16/h10-12,16H,4-9H2,1-3H3,(H,14,17)/t10-,11+,12-/m0/s1. The van der Waals surface area contributed by atoms with Crippen LogP contribution in [0.15, 0.2) is 0 Å². The normalized spacial score (nSPS) is 25.6. The molecule has 1 saturated carbocycles. The molecule has 3 atom stereocenters. The lowest BCUT2D eigenvalue weighted by atomic mass is 10.0. The summed E-state index contributed by atoms with van der Waals surface area (Å²) in [4.78, 5) is 13.6. The molecule has 0 aromatic carbocycles. The van der Waals surface area contributed by atoms with Crippen LogP contribution >= 0.6 is 0 Å². The minimum atomic E-state index is -0.347. The number of urea groups is 1. The molecular weight excluding hydrogens is 216 g/mol. The third-order valence-corrected chi connectivity index (χ3v) is 3.72. The Labute approximate surface area is 104 Å². The van der Waals surface area contributed by atoms with Gasteiger partial charge in [0.15, 0.2) is 0 Å². The Morgan fingerprint density at radius 3 is 2.82 bits per heavy atom. The molecule has 1 aliphatic carbocycles. The molecule has 0 spiro atoms. The first-order valence-corrected chi connectivity index (χ1v) is 6.74. The second kappa shape index (κ2) is 6.84. The van der Waals surface area contributed by atoms with Gasteiger partial charge in [0.05, 0.1) is 6.10 Å². The van der Waals surface area contributed by atoms with Gasteiger partial charge in [-0.05, 0) is 32.1 Å². The van der Waals surface area contributed by atoms with E-state index in [2.05, 4.69) is 12.2 Å². The number of rotatable bonds is 5. The van der Waals surface area contributed by atoms with Gasteiger partial charge in [-0.3, -0.25) is 0 Å². The average molecular weight is 242 g/mol. The zero-order valence-corrected chi connectivity index (χ0v) is 11.3. The molecule has 100 valence electrons. The molecule has 4 nitrogen and oxygen atoms in total. The Kier molecular flexibility index (Phi) is 5.75. The molecule has 4 heteroatoms. The number of hydrogen-bond donors (Lipinski definition) is 2. The van der Waals surface area contributed by atoms with Crippen molar-refractivity contribution in [2.75, 3.05) is 13.6 Å². The third kappa shape index (κ3) is 4.54. The first kappa shape index (κ1) is 14.3. The fraction of sp³-hybridized carbons (Fsp3) is 0.923. The highest BCUT2D eigenvalue weighted by molar-refractivity contribution is 5.74. The fourth-order valence-corrected chi connectivity index (χ4v) is 2.47. The molecule has 0 saturated heterocycles. The third-order valence-electron chi connectivity index (χ3n) is 3.72. The maximum absolute atomic E-state index is 11.9. The molecule has 0 aromatic rings. The maximum Gasteiger partial charge on any atom is 0.317 e. The number of nitrogens with zero attached hydrogens (tertiary/aromatic N) is 1. The van der Waals surface area contributed by atoms with Crippen LogP contribution < -0.4 is 5.32 Å². The van der Waals surface area contributed by atoms with E-state index in [4.69, 9.17) is 0 Å². The molecule has 0 radical (unpaired) electrons. The van der Waals surface area contributed by atoms with Crippen LogP contribution in [-0.2, 0) is 0 Å². The van der Waals surface area contributed by atoms with Gasteiger partial charge in [0.25, 0.3) is 0 Å². The van der Waals surface area contributed by atoms with Crippen molar-refractivity contribution < 1.29 is 9.90 Å². The van der Waals surface area contributed by atoms with E-state index in [9.17, 15) is 9.90 Å². The van der Waals surface area contributed by atoms with Crippen LogP contribution in [0.4, 0.5) is 4.79 Å². The highest BCUT2D eigenvalue weighted by Gasteiger charge is 2.27. The van der Waals surface area contributed by atoms with E-state index < -0.39 is 0 Å². The van der Waals surface area contributed by atoms with Crippen LogP contribution in [0.2, 0.25) is 0 Å². The van der Waals surface area contributed by atoms with Gasteiger partial charge in [-0.2, -0.15) is 0 Å². The van der Waals surface area contributed by atoms with Crippen LogP contribution in [0, 0.1) is 5.92 Å². The summed E-state index contributed by atoms with van der Waals surface area (Å²) in [6.45, 7) is 4.54. The SMILES string of the molecule is CC[C@@H]1CCC[C@@H]1NC(=O)N(C)CC[C@H](C)O. The molecule has 2 amide bonds. The lowest BCUT2D eigenvalue weighted by Crippen LogP contribution is -2.45. The second-order valence-corrected chi connectivity index (χ2v) is 5.21. The van der Waals surface area contributed by atoms with Gasteiger partial charge >= 0.3 is 6.03 Å². The van der Waals surface area contributed by atoms with Crippen LogP contribution in [0.5, 0.6) is 0 Å². The van der Waals surface area contributed by atoms with Gasteiger partial charge in [0.2, 0.25) is 0 Å². The van der Waals surface area contributed by atoms with Crippen LogP contribution in [0.25, 0.3) is 0 Å². The summed E-state index contributed by atoms with van der Waals surface area (Å²) in [6.07, 6.45) is 4.99. The van der Waals surface area contributed by atoms with E-state index in [0.29, 0.717) is 24.9 Å². The molecule has 1 fully saturated rings. The maximum atomic E-state index is 11.9. The average Bonchev–Trinajstić information content (AvgIpc) is 2.72. The first-order valence-electron chi connectivity index (χ1n) is 6.74. The minimum absolute atomic E-state index is 0.00370. The van der Waals surface area contributed by atoms with Crippen molar-refractivity contribution >= 4 is 6.03 Å². The van der Waals surface area contributed by atoms with Gasteiger partial charge in [-0.1, -0.05) is 19.8 Å². The zero-order valence-electron chi connectivity index (χ0n) is 11.3. The van der Waals surface area contributed by atoms with Crippen molar-refractivity contribution in [3.63, 3.8) is 0 Å². The summed E-state index contributed by atoms with van der Waals surface area (Å²) in [5.74, 6) is 0.643. The van der Waals surface area contributed by atoms with E-state index in [0.717, 1.165) is 12.8 Å². The van der Waals surface area contributed by atoms with Crippen LogP contribution in [-0.4, -0.2) is 41.8 Å². The van der Waals surface area contributed by atoms with Gasteiger partial charge in [-0.25, -0.2) is 4.79 Å². The number of hydrogen-bond acceptors (Lipinski definition) is 2. The Hall–Kier alpha value is -0.770. The van der Waals surface area contributed by atoms with Crippen LogP contribution in [0.3, 0.4) is 0 Å². The van der Waals surface area contributed by atoms with Gasteiger partial charge in [0.1, 0.15) is 0 Å². The largest absolute Gasteiger partial charge is 0.393 e. The smallest absolute Gasteiger partial charge is 0.317 e. The number of amides is 2. The van der Waals surface area contributed by atoms with Crippen molar-refractivity contribution in [1.82, 2.24) is 10.2 Å². The first-order chi connectivity index (χ1) is 8.04. The van der Waals surface area contributed by atoms with E-state index in [1.165, 1.54) is 12.8 Å². The molecular formula is C13H26N2O2. The predicted molar refractivity (Wildman–Crippen MR) is 68.9 cm³/mol. The number of carbonyl (C=O) groups excluding carboxylic acids is 1. The lowest BCUT2D eigenvalue weighted by molar-refractivity contribution is 0.161. The Bertz CT molecular complexity index is 244. The van der Waals surface area contributed by atoms with Crippen molar-refractivity contribution in [1.29, 1.82) is 0 Å². The Morgan fingerprint density at radius 2 is 2.24 bits per heavy atom. The lowest BCUT2D eigenvalue weighted by Gasteiger charge is -2.24. The highest BCUT2D eigenvalue weighted by Crippen LogP contribution is 2.28. The molecule has 0 heterocycles. The molecule has 1 aliphatic rings. The van der Waals surface area contributed by atoms with Gasteiger partial charge in [-0.15, -0.1) is 0 Å². The predicted octanol–water partition coefficient (Wildman–Crippen LogP) is 1.98. The highest BCUT2D eigenvalue weighted by atomic mass is 16.3. The number of aliphatic hydroxyl groups is 1. The zero-order chi connectivity index (χ0) is 12.8. The fourth-order valence-electron chi connectivity index (χ4n) is 2.47. The number of nitrogens with one attached hydrogen (secondary N) is 1. The second-order valence-electron chi connectivity index (χ2n) is 5.21. The van der Waals surface area contributed by atoms with Crippen molar-refractivity contribution in [3.8, 4) is 0 Å². The Morgan fingerprint density at radius 1 is 1.53 bits per heavy atom. The van der Waals surface area contributed by atoms with Crippen molar-refractivity contribution in [2.45, 2.75) is 58.1 Å². The monoisotopic (exact) mass is 242 g/mol. The summed E-state index contributed by atoms with van der Waals surface area (Å²) >= 11 is 0. The molecule has 0 bridgehead atoms. The van der Waals surface area contributed by atoms with Gasteiger partial charge in [0, 0.05) is 19.6 Å². The van der Waals surface area contributed by atoms with Crippen molar-refractivity contribution in [2.24, 2.45) is 5.92 Å². The molecule has 0 unspecified atom stereocenters. The van der Waals surface area contributed by atoms with E-state index in [1.807, 2.05) is 0 Å². The molecule has 1 rings (SSSR count). The van der Waals surface area contributed by atoms with Crippen molar-refractivity contribution in [3.05, 3.63) is 0 Å². The summed E-state index contributed by atoms with van der Waals surface area (Å²) in [5, 5.41) is 12.3. The van der Waals surface area contributed by atoms with Gasteiger partial charge < -0.3 is 15.3 Å². The van der Waals surface area contributed by atoms with Crippen LogP contribution in [0.1, 0.15) is 46.0 Å². The quantitative estimate of drug-likeness (QED) is 0.774. The Balaban J connectivity index is 2.32. The molecule has 0 aromatic heterocycles. The summed E-state index contributed by atoms with van der Waals surface area (Å²) in [6, 6.07) is 0.345. The van der Waals surface area contributed by atoms with E-state index >= 15 is 0 Å². The summed E-state index contributed by atoms with van der Waals surface area (Å²) in [7, 11) is 1.79. The number of aliphatic hydroxyl groups excluding tert-OH is 1. The topological polar surface area (TPSA) is 52.6 Å². The van der Waals surface area contributed by atoms with E-state index in [-0.39, 0.29) is 12.1 Å². The molecule has 2 N–H and O–H groups in total. The molecule has 17 heavy (non-hydrogen) atoms. The van der Waals surface area contributed by atoms with E-state index in [1.54, 1.807) is 18.9 Å². The molecule has 0 aliphatic heterocycles. The summed E-state index contributed by atoms with van der Waals surface area (Å²) in [5.41, 5.74) is 0. The summed E-state index contributed by atoms with van der Waals surface area (Å²) < 4.78 is 0.